The first-order valence-corrected chi connectivity index (χ1v) is 10.4. The van der Waals surface area contributed by atoms with Crippen LogP contribution in [0.5, 0.6) is 17.5 Å². The Kier molecular flexibility index (Phi) is 5.17. The maximum Gasteiger partial charge on any atom is 0.256 e. The molecule has 0 fully saturated rings. The van der Waals surface area contributed by atoms with Crippen molar-refractivity contribution in [3.63, 3.8) is 0 Å². The zero-order chi connectivity index (χ0) is 22.9. The number of nitrogens with zero attached hydrogens (tertiary/aromatic N) is 7. The maximum atomic E-state index is 10.8. The van der Waals surface area contributed by atoms with Crippen molar-refractivity contribution in [2.75, 3.05) is 14.2 Å². The molecule has 0 aliphatic carbocycles. The molecule has 0 saturated heterocycles. The summed E-state index contributed by atoms with van der Waals surface area (Å²) in [6.07, 6.45) is 9.01. The molecule has 33 heavy (non-hydrogen) atoms. The van der Waals surface area contributed by atoms with E-state index in [9.17, 15) is 5.11 Å². The van der Waals surface area contributed by atoms with Crippen LogP contribution in [-0.4, -0.2) is 53.4 Å². The Bertz CT molecular complexity index is 1430. The fourth-order valence-corrected chi connectivity index (χ4v) is 3.70. The van der Waals surface area contributed by atoms with E-state index >= 15 is 0 Å². The van der Waals surface area contributed by atoms with Gasteiger partial charge in [0.2, 0.25) is 5.88 Å². The van der Waals surface area contributed by atoms with Gasteiger partial charge in [-0.25, -0.2) is 9.97 Å². The van der Waals surface area contributed by atoms with Crippen molar-refractivity contribution in [1.82, 2.24) is 34.1 Å². The van der Waals surface area contributed by atoms with Gasteiger partial charge in [0.25, 0.3) is 5.88 Å². The van der Waals surface area contributed by atoms with Crippen LogP contribution < -0.4 is 9.47 Å². The Morgan fingerprint density at radius 1 is 1.00 bits per heavy atom. The second kappa shape index (κ2) is 8.30. The van der Waals surface area contributed by atoms with E-state index in [1.54, 1.807) is 37.4 Å². The van der Waals surface area contributed by atoms with Crippen LogP contribution in [0.15, 0.2) is 55.2 Å². The second-order valence-corrected chi connectivity index (χ2v) is 7.57. The molecule has 0 atom stereocenters. The lowest BCUT2D eigenvalue weighted by Gasteiger charge is -2.08. The maximum absolute atomic E-state index is 10.8. The van der Waals surface area contributed by atoms with Gasteiger partial charge in [0, 0.05) is 30.4 Å². The van der Waals surface area contributed by atoms with E-state index in [0.29, 0.717) is 41.3 Å². The number of aryl methyl sites for hydroxylation is 3. The summed E-state index contributed by atoms with van der Waals surface area (Å²) in [6.45, 7) is 3.33. The van der Waals surface area contributed by atoms with E-state index in [-0.39, 0.29) is 5.88 Å². The Hall–Kier alpha value is -4.34. The number of aromatic nitrogens is 7. The van der Waals surface area contributed by atoms with E-state index in [1.165, 1.54) is 0 Å². The van der Waals surface area contributed by atoms with E-state index in [1.807, 2.05) is 52.9 Å². The van der Waals surface area contributed by atoms with E-state index in [2.05, 4.69) is 15.2 Å². The highest BCUT2D eigenvalue weighted by Crippen LogP contribution is 2.33. The average Bonchev–Trinajstić information content (AvgIpc) is 3.56. The highest BCUT2D eigenvalue weighted by molar-refractivity contribution is 5.87. The highest BCUT2D eigenvalue weighted by Gasteiger charge is 2.15. The zero-order valence-electron chi connectivity index (χ0n) is 18.5. The molecule has 1 N–H and O–H groups in total. The lowest BCUT2D eigenvalue weighted by Crippen LogP contribution is -2.08. The molecule has 0 aliphatic rings. The van der Waals surface area contributed by atoms with Gasteiger partial charge in [0.1, 0.15) is 0 Å². The molecule has 5 heterocycles. The van der Waals surface area contributed by atoms with Crippen LogP contribution in [0.3, 0.4) is 0 Å². The van der Waals surface area contributed by atoms with Gasteiger partial charge in [-0.05, 0) is 31.2 Å². The molecule has 168 valence electrons. The van der Waals surface area contributed by atoms with Crippen LogP contribution in [0.25, 0.3) is 27.8 Å². The molecule has 0 unspecified atom stereocenters. The van der Waals surface area contributed by atoms with Crippen LogP contribution in [0.2, 0.25) is 0 Å². The lowest BCUT2D eigenvalue weighted by molar-refractivity contribution is 0.343. The molecule has 5 aromatic heterocycles. The van der Waals surface area contributed by atoms with Gasteiger partial charge in [-0.3, -0.25) is 13.9 Å². The summed E-state index contributed by atoms with van der Waals surface area (Å²) < 4.78 is 15.9. The molecule has 10 heteroatoms. The molecule has 0 radical (unpaired) electrons. The largest absolute Gasteiger partial charge is 0.494 e. The van der Waals surface area contributed by atoms with Gasteiger partial charge in [-0.1, -0.05) is 0 Å². The molecule has 0 spiro atoms. The number of rotatable bonds is 7. The number of pyridine rings is 2. The van der Waals surface area contributed by atoms with Crippen molar-refractivity contribution < 1.29 is 14.6 Å². The molecular weight excluding hydrogens is 422 g/mol. The summed E-state index contributed by atoms with van der Waals surface area (Å²) in [5, 5.41) is 20.2. The normalized spacial score (nSPS) is 11.2. The summed E-state index contributed by atoms with van der Waals surface area (Å²) in [6, 6.07) is 7.47. The molecule has 5 rings (SSSR count). The summed E-state index contributed by atoms with van der Waals surface area (Å²) in [7, 11) is 3.11. The molecule has 5 aromatic rings. The van der Waals surface area contributed by atoms with Crippen molar-refractivity contribution in [3.8, 4) is 34.5 Å². The Morgan fingerprint density at radius 3 is 2.61 bits per heavy atom. The monoisotopic (exact) mass is 445 g/mol. The molecule has 0 saturated carbocycles. The smallest absolute Gasteiger partial charge is 0.256 e. The molecule has 10 nitrogen and oxygen atoms in total. The van der Waals surface area contributed by atoms with Gasteiger partial charge < -0.3 is 14.6 Å². The van der Waals surface area contributed by atoms with Gasteiger partial charge >= 0.3 is 0 Å². The lowest BCUT2D eigenvalue weighted by atomic mass is 10.1. The SMILES string of the molecule is COc1cc(-c2ccc3c(O)n(-c4cnn(CCn5ccc(C)n5)c4)cc3n2)cnc1OC. The minimum atomic E-state index is 0.108. The van der Waals surface area contributed by atoms with Crippen LogP contribution in [-0.2, 0) is 13.1 Å². The van der Waals surface area contributed by atoms with E-state index in [4.69, 9.17) is 14.5 Å². The summed E-state index contributed by atoms with van der Waals surface area (Å²) in [5.74, 6) is 1.04. The van der Waals surface area contributed by atoms with E-state index < -0.39 is 0 Å². The van der Waals surface area contributed by atoms with Crippen LogP contribution in [0.1, 0.15) is 5.69 Å². The topological polar surface area (TPSA) is 105 Å². The number of ether oxygens (including phenoxy) is 2. The molecule has 0 bridgehead atoms. The van der Waals surface area contributed by atoms with Crippen LogP contribution in [0.4, 0.5) is 0 Å². The highest BCUT2D eigenvalue weighted by atomic mass is 16.5. The predicted molar refractivity (Wildman–Crippen MR) is 122 cm³/mol. The summed E-state index contributed by atoms with van der Waals surface area (Å²) in [5.41, 5.74) is 3.87. The van der Waals surface area contributed by atoms with Crippen molar-refractivity contribution in [1.29, 1.82) is 0 Å². The van der Waals surface area contributed by atoms with Crippen LogP contribution >= 0.6 is 0 Å². The van der Waals surface area contributed by atoms with Gasteiger partial charge in [-0.2, -0.15) is 10.2 Å². The molecular formula is C23H23N7O3. The first-order chi connectivity index (χ1) is 16.1. The quantitative estimate of drug-likeness (QED) is 0.410. The number of fused-ring (bicyclic) bond motifs is 1. The Balaban J connectivity index is 1.42. The predicted octanol–water partition coefficient (Wildman–Crippen LogP) is 3.21. The molecule has 0 aromatic carbocycles. The van der Waals surface area contributed by atoms with E-state index in [0.717, 1.165) is 16.9 Å². The van der Waals surface area contributed by atoms with Crippen molar-refractivity contribution in [2.24, 2.45) is 0 Å². The number of hydrogen-bond acceptors (Lipinski definition) is 7. The van der Waals surface area contributed by atoms with Gasteiger partial charge in [0.05, 0.1) is 61.5 Å². The van der Waals surface area contributed by atoms with Crippen LogP contribution in [0, 0.1) is 6.92 Å². The Labute approximate surface area is 189 Å². The number of methoxy groups -OCH3 is 2. The Morgan fingerprint density at radius 2 is 1.85 bits per heavy atom. The fourth-order valence-electron chi connectivity index (χ4n) is 3.70. The third-order valence-corrected chi connectivity index (χ3v) is 5.40. The fraction of sp³-hybridized carbons (Fsp3) is 0.217. The number of hydrogen-bond donors (Lipinski definition) is 1. The minimum absolute atomic E-state index is 0.108. The number of aromatic hydroxyl groups is 1. The molecule has 0 amide bonds. The second-order valence-electron chi connectivity index (χ2n) is 7.57. The third-order valence-electron chi connectivity index (χ3n) is 5.40. The first kappa shape index (κ1) is 20.6. The zero-order valence-corrected chi connectivity index (χ0v) is 18.5. The van der Waals surface area contributed by atoms with Gasteiger partial charge in [0.15, 0.2) is 5.75 Å². The first-order valence-electron chi connectivity index (χ1n) is 10.4. The average molecular weight is 445 g/mol. The van der Waals surface area contributed by atoms with Gasteiger partial charge in [-0.15, -0.1) is 0 Å². The third kappa shape index (κ3) is 3.86. The summed E-state index contributed by atoms with van der Waals surface area (Å²) in [4.78, 5) is 8.99. The standard InChI is InChI=1S/C23H23N7O3/c1-15-6-7-28(27-15)8-9-29-13-17(12-25-29)30-14-20-18(23(30)31)4-5-19(26-20)16-10-21(32-2)22(33-3)24-11-16/h4-7,10-14,31H,8-9H2,1-3H3. The molecule has 0 aliphatic heterocycles. The van der Waals surface area contributed by atoms with Crippen molar-refractivity contribution in [2.45, 2.75) is 20.0 Å². The van der Waals surface area contributed by atoms with Crippen molar-refractivity contribution in [3.05, 3.63) is 60.9 Å². The van der Waals surface area contributed by atoms with Crippen molar-refractivity contribution >= 4 is 10.9 Å². The summed E-state index contributed by atoms with van der Waals surface area (Å²) >= 11 is 0. The minimum Gasteiger partial charge on any atom is -0.494 e.